The van der Waals surface area contributed by atoms with Gasteiger partial charge >= 0.3 is 0 Å². The maximum absolute atomic E-state index is 2.67. The second-order valence-electron chi connectivity index (χ2n) is 9.52. The zero-order chi connectivity index (χ0) is 22.1. The van der Waals surface area contributed by atoms with Crippen LogP contribution in [0.4, 0.5) is 11.4 Å². The minimum Gasteiger partial charge on any atom is -0.349 e. The maximum atomic E-state index is 2.67. The quantitative estimate of drug-likeness (QED) is 0.310. The van der Waals surface area contributed by atoms with Crippen LogP contribution in [0.3, 0.4) is 0 Å². The van der Waals surface area contributed by atoms with Gasteiger partial charge in [-0.25, -0.2) is 0 Å². The van der Waals surface area contributed by atoms with Crippen LogP contribution in [0.2, 0.25) is 0 Å². The van der Waals surface area contributed by atoms with Gasteiger partial charge < -0.3 is 14.4 Å². The zero-order valence-corrected chi connectivity index (χ0v) is 19.1. The fraction of sp³-hybridized carbons (Fsp3) is 0.200. The van der Waals surface area contributed by atoms with Crippen molar-refractivity contribution in [2.24, 2.45) is 0 Å². The molecule has 4 aromatic carbocycles. The third kappa shape index (κ3) is 2.62. The van der Waals surface area contributed by atoms with E-state index in [2.05, 4.69) is 119 Å². The summed E-state index contributed by atoms with van der Waals surface area (Å²) in [5, 5.41) is 2.65. The zero-order valence-electron chi connectivity index (χ0n) is 19.1. The lowest BCUT2D eigenvalue weighted by atomic mass is 9.99. The lowest BCUT2D eigenvalue weighted by molar-refractivity contribution is 0.664. The molecule has 1 aromatic heterocycles. The standard InChI is InChI=1S/C30H27N3/c1-20-16-30-26(25-13-7-9-15-28(25)33(30)23-11-4-3-5-12-23)18-29(20)32-21(2)31-19-24(32)17-22-10-6-8-14-27(22)31/h3-16,18,21,24H,17,19H2,1-2H3. The van der Waals surface area contributed by atoms with E-state index in [9.17, 15) is 0 Å². The minimum atomic E-state index is 0.345. The summed E-state index contributed by atoms with van der Waals surface area (Å²) in [6, 6.07) is 33.8. The highest BCUT2D eigenvalue weighted by atomic mass is 15.4. The van der Waals surface area contributed by atoms with Crippen LogP contribution in [0.1, 0.15) is 18.1 Å². The van der Waals surface area contributed by atoms with Gasteiger partial charge in [-0.05, 0) is 67.8 Å². The summed E-state index contributed by atoms with van der Waals surface area (Å²) in [4.78, 5) is 5.25. The van der Waals surface area contributed by atoms with Crippen LogP contribution in [-0.4, -0.2) is 23.3 Å². The van der Waals surface area contributed by atoms with Gasteiger partial charge in [0.2, 0.25) is 0 Å². The normalized spacial score (nSPS) is 19.5. The average molecular weight is 430 g/mol. The molecule has 1 fully saturated rings. The second kappa shape index (κ2) is 6.89. The molecule has 1 saturated heterocycles. The fourth-order valence-corrected chi connectivity index (χ4v) is 6.24. The molecule has 2 aliphatic rings. The smallest absolute Gasteiger partial charge is 0.0991 e. The molecule has 3 heterocycles. The van der Waals surface area contributed by atoms with Gasteiger partial charge in [0.25, 0.3) is 0 Å². The highest BCUT2D eigenvalue weighted by Gasteiger charge is 2.42. The molecule has 2 unspecified atom stereocenters. The van der Waals surface area contributed by atoms with Crippen LogP contribution in [0.25, 0.3) is 27.5 Å². The van der Waals surface area contributed by atoms with Gasteiger partial charge in [-0.3, -0.25) is 0 Å². The number of aromatic nitrogens is 1. The van der Waals surface area contributed by atoms with Crippen LogP contribution in [0.15, 0.2) is 91.0 Å². The van der Waals surface area contributed by atoms with Crippen LogP contribution < -0.4 is 9.80 Å². The Bertz CT molecular complexity index is 1510. The Balaban J connectivity index is 1.44. The van der Waals surface area contributed by atoms with Crippen LogP contribution in [0, 0.1) is 6.92 Å². The van der Waals surface area contributed by atoms with Crippen molar-refractivity contribution in [3.8, 4) is 5.69 Å². The van der Waals surface area contributed by atoms with Gasteiger partial charge in [0.1, 0.15) is 0 Å². The highest BCUT2D eigenvalue weighted by molar-refractivity contribution is 6.10. The van der Waals surface area contributed by atoms with E-state index in [1.165, 1.54) is 50.0 Å². The molecule has 5 aromatic rings. The van der Waals surface area contributed by atoms with Crippen molar-refractivity contribution in [3.63, 3.8) is 0 Å². The first-order valence-electron chi connectivity index (χ1n) is 11.9. The number of nitrogens with zero attached hydrogens (tertiary/aromatic N) is 3. The van der Waals surface area contributed by atoms with Gasteiger partial charge in [0.05, 0.1) is 23.2 Å². The molecular formula is C30H27N3. The third-order valence-electron chi connectivity index (χ3n) is 7.69. The summed E-state index contributed by atoms with van der Waals surface area (Å²) in [7, 11) is 0. The Morgan fingerprint density at radius 1 is 0.727 bits per heavy atom. The van der Waals surface area contributed by atoms with E-state index in [1.54, 1.807) is 0 Å². The van der Waals surface area contributed by atoms with Crippen molar-refractivity contribution in [2.45, 2.75) is 32.5 Å². The molecule has 0 spiro atoms. The highest BCUT2D eigenvalue weighted by Crippen LogP contribution is 2.43. The predicted octanol–water partition coefficient (Wildman–Crippen LogP) is 6.69. The average Bonchev–Trinajstić information content (AvgIpc) is 3.30. The Hall–Kier alpha value is -3.72. The summed E-state index contributed by atoms with van der Waals surface area (Å²) in [6.45, 7) is 5.74. The van der Waals surface area contributed by atoms with Gasteiger partial charge in [-0.15, -0.1) is 0 Å². The number of hydrogen-bond donors (Lipinski definition) is 0. The monoisotopic (exact) mass is 429 g/mol. The van der Waals surface area contributed by atoms with Gasteiger partial charge in [0.15, 0.2) is 0 Å². The first-order valence-corrected chi connectivity index (χ1v) is 11.9. The number of rotatable bonds is 2. The number of hydrogen-bond acceptors (Lipinski definition) is 2. The molecule has 3 nitrogen and oxygen atoms in total. The van der Waals surface area contributed by atoms with Gasteiger partial charge in [-0.1, -0.05) is 54.6 Å². The number of benzene rings is 4. The Kier molecular flexibility index (Phi) is 3.93. The molecule has 2 aliphatic heterocycles. The number of para-hydroxylation sites is 3. The third-order valence-corrected chi connectivity index (χ3v) is 7.69. The molecule has 162 valence electrons. The van der Waals surface area contributed by atoms with E-state index >= 15 is 0 Å². The number of fused-ring (bicyclic) bond motifs is 7. The fourth-order valence-electron chi connectivity index (χ4n) is 6.24. The van der Waals surface area contributed by atoms with Crippen LogP contribution in [0.5, 0.6) is 0 Å². The lowest BCUT2D eigenvalue weighted by Crippen LogP contribution is -2.38. The van der Waals surface area contributed by atoms with E-state index in [4.69, 9.17) is 0 Å². The topological polar surface area (TPSA) is 11.4 Å². The van der Waals surface area contributed by atoms with Crippen molar-refractivity contribution in [3.05, 3.63) is 102 Å². The molecule has 7 rings (SSSR count). The number of aryl methyl sites for hydroxylation is 1. The summed E-state index contributed by atoms with van der Waals surface area (Å²) in [5.74, 6) is 0. The molecule has 3 heteroatoms. The summed E-state index contributed by atoms with van der Waals surface area (Å²) < 4.78 is 2.41. The summed E-state index contributed by atoms with van der Waals surface area (Å²) in [5.41, 5.74) is 9.34. The van der Waals surface area contributed by atoms with Crippen LogP contribution in [-0.2, 0) is 6.42 Å². The predicted molar refractivity (Wildman–Crippen MR) is 139 cm³/mol. The molecule has 0 aliphatic carbocycles. The van der Waals surface area contributed by atoms with E-state index in [0.29, 0.717) is 12.2 Å². The van der Waals surface area contributed by atoms with Crippen molar-refractivity contribution < 1.29 is 0 Å². The van der Waals surface area contributed by atoms with E-state index < -0.39 is 0 Å². The largest absolute Gasteiger partial charge is 0.349 e. The SMILES string of the molecule is Cc1cc2c(cc1N1C3Cc4ccccc4N(C3)C1C)c1ccccc1n2-c1ccccc1. The summed E-state index contributed by atoms with van der Waals surface area (Å²) in [6.07, 6.45) is 1.46. The maximum Gasteiger partial charge on any atom is 0.0991 e. The van der Waals surface area contributed by atoms with Crippen molar-refractivity contribution >= 4 is 33.2 Å². The van der Waals surface area contributed by atoms with Crippen LogP contribution >= 0.6 is 0 Å². The molecule has 2 bridgehead atoms. The molecular weight excluding hydrogens is 402 g/mol. The van der Waals surface area contributed by atoms with Crippen molar-refractivity contribution in [1.29, 1.82) is 0 Å². The van der Waals surface area contributed by atoms with Crippen molar-refractivity contribution in [2.75, 3.05) is 16.3 Å². The minimum absolute atomic E-state index is 0.345. The molecule has 2 atom stereocenters. The molecule has 33 heavy (non-hydrogen) atoms. The van der Waals surface area contributed by atoms with E-state index in [0.717, 1.165) is 13.0 Å². The first kappa shape index (κ1) is 18.8. The van der Waals surface area contributed by atoms with E-state index in [1.807, 2.05) is 0 Å². The Labute approximate surface area is 194 Å². The molecule has 0 saturated carbocycles. The molecule has 0 amide bonds. The number of anilines is 2. The molecule has 0 radical (unpaired) electrons. The van der Waals surface area contributed by atoms with Crippen molar-refractivity contribution in [1.82, 2.24) is 4.57 Å². The van der Waals surface area contributed by atoms with E-state index in [-0.39, 0.29) is 0 Å². The molecule has 0 N–H and O–H groups in total. The van der Waals surface area contributed by atoms with Gasteiger partial charge in [-0.2, -0.15) is 0 Å². The first-order chi connectivity index (χ1) is 16.2. The Morgan fingerprint density at radius 2 is 1.48 bits per heavy atom. The second-order valence-corrected chi connectivity index (χ2v) is 9.52. The van der Waals surface area contributed by atoms with Gasteiger partial charge in [0, 0.05) is 34.4 Å². The Morgan fingerprint density at radius 3 is 2.36 bits per heavy atom. The summed E-state index contributed by atoms with van der Waals surface area (Å²) >= 11 is 0. The lowest BCUT2D eigenvalue weighted by Gasteiger charge is -2.31.